The summed E-state index contributed by atoms with van der Waals surface area (Å²) < 4.78 is 10.4. The number of hydrogen-bond acceptors (Lipinski definition) is 5. The number of nitrogens with one attached hydrogen (secondary N) is 1. The van der Waals surface area contributed by atoms with Gasteiger partial charge in [-0.2, -0.15) is 0 Å². The normalized spacial score (nSPS) is 10.5. The largest absolute Gasteiger partial charge is 0.497 e. The number of ether oxygens (including phenoxy) is 2. The minimum Gasteiger partial charge on any atom is -0.497 e. The van der Waals surface area contributed by atoms with Crippen LogP contribution in [0.2, 0.25) is 0 Å². The summed E-state index contributed by atoms with van der Waals surface area (Å²) in [5, 5.41) is 3.78. The van der Waals surface area contributed by atoms with E-state index in [0.29, 0.717) is 28.6 Å². The third kappa shape index (κ3) is 3.80. The maximum atomic E-state index is 12.3. The Kier molecular flexibility index (Phi) is 4.70. The lowest BCUT2D eigenvalue weighted by Gasteiger charge is -2.11. The van der Waals surface area contributed by atoms with Crippen molar-refractivity contribution < 1.29 is 14.3 Å². The molecule has 0 aliphatic heterocycles. The summed E-state index contributed by atoms with van der Waals surface area (Å²) >= 11 is 0. The maximum absolute atomic E-state index is 12.3. The average molecular weight is 337 g/mol. The third-order valence-electron chi connectivity index (χ3n) is 3.80. The second-order valence-corrected chi connectivity index (χ2v) is 5.55. The summed E-state index contributed by atoms with van der Waals surface area (Å²) in [7, 11) is 3.12. The summed E-state index contributed by atoms with van der Waals surface area (Å²) in [6, 6.07) is 14.5. The van der Waals surface area contributed by atoms with Gasteiger partial charge < -0.3 is 20.5 Å². The highest BCUT2D eigenvalue weighted by atomic mass is 16.5. The highest BCUT2D eigenvalue weighted by Crippen LogP contribution is 2.29. The second-order valence-electron chi connectivity index (χ2n) is 5.55. The molecule has 0 saturated heterocycles. The van der Waals surface area contributed by atoms with Gasteiger partial charge in [0.25, 0.3) is 0 Å². The molecule has 0 spiro atoms. The zero-order valence-electron chi connectivity index (χ0n) is 14.1. The van der Waals surface area contributed by atoms with Crippen molar-refractivity contribution in [3.8, 4) is 11.5 Å². The van der Waals surface area contributed by atoms with Crippen LogP contribution in [0.15, 0.2) is 48.5 Å². The lowest BCUT2D eigenvalue weighted by Crippen LogP contribution is -2.15. The first-order valence-corrected chi connectivity index (χ1v) is 7.76. The fraction of sp³-hybridized carbons (Fsp3) is 0.158. The van der Waals surface area contributed by atoms with E-state index in [4.69, 9.17) is 15.2 Å². The number of pyridine rings is 1. The monoisotopic (exact) mass is 337 g/mol. The van der Waals surface area contributed by atoms with Crippen LogP contribution in [0.4, 0.5) is 11.4 Å². The van der Waals surface area contributed by atoms with Gasteiger partial charge in [0, 0.05) is 17.1 Å². The number of methoxy groups -OCH3 is 2. The van der Waals surface area contributed by atoms with Crippen molar-refractivity contribution >= 4 is 28.2 Å². The molecular formula is C19H19N3O3. The number of fused-ring (bicyclic) bond motifs is 1. The molecule has 1 aromatic heterocycles. The molecule has 0 fully saturated rings. The Balaban J connectivity index is 1.75. The van der Waals surface area contributed by atoms with E-state index in [1.807, 2.05) is 24.3 Å². The number of anilines is 2. The molecule has 0 atom stereocenters. The van der Waals surface area contributed by atoms with Gasteiger partial charge in [-0.3, -0.25) is 9.78 Å². The lowest BCUT2D eigenvalue weighted by molar-refractivity contribution is -0.115. The minimum absolute atomic E-state index is 0.162. The summed E-state index contributed by atoms with van der Waals surface area (Å²) in [6.45, 7) is 0. The first-order chi connectivity index (χ1) is 12.1. The topological polar surface area (TPSA) is 86.5 Å². The molecular weight excluding hydrogens is 318 g/mol. The Morgan fingerprint density at radius 1 is 1.08 bits per heavy atom. The summed E-state index contributed by atoms with van der Waals surface area (Å²) in [5.41, 5.74) is 8.53. The van der Waals surface area contributed by atoms with Gasteiger partial charge in [0.05, 0.1) is 37.5 Å². The number of aromatic nitrogens is 1. The fourth-order valence-electron chi connectivity index (χ4n) is 2.55. The van der Waals surface area contributed by atoms with Crippen LogP contribution < -0.4 is 20.5 Å². The number of rotatable bonds is 5. The Morgan fingerprint density at radius 2 is 1.92 bits per heavy atom. The quantitative estimate of drug-likeness (QED) is 0.699. The van der Waals surface area contributed by atoms with Gasteiger partial charge in [-0.15, -0.1) is 0 Å². The van der Waals surface area contributed by atoms with Gasteiger partial charge in [-0.25, -0.2) is 0 Å². The molecule has 0 radical (unpaired) electrons. The van der Waals surface area contributed by atoms with Gasteiger partial charge in [-0.05, 0) is 36.4 Å². The number of carbonyl (C=O) groups is 1. The van der Waals surface area contributed by atoms with E-state index >= 15 is 0 Å². The molecule has 3 N–H and O–H groups in total. The molecule has 6 nitrogen and oxygen atoms in total. The van der Waals surface area contributed by atoms with E-state index in [0.717, 1.165) is 10.9 Å². The van der Waals surface area contributed by atoms with Crippen LogP contribution in [0.1, 0.15) is 5.69 Å². The zero-order chi connectivity index (χ0) is 17.8. The van der Waals surface area contributed by atoms with Crippen molar-refractivity contribution in [3.05, 3.63) is 54.2 Å². The third-order valence-corrected chi connectivity index (χ3v) is 3.80. The zero-order valence-corrected chi connectivity index (χ0v) is 14.1. The summed E-state index contributed by atoms with van der Waals surface area (Å²) in [6.07, 6.45) is 0.162. The van der Waals surface area contributed by atoms with Gasteiger partial charge in [-0.1, -0.05) is 6.07 Å². The number of hydrogen-bond donors (Lipinski definition) is 2. The van der Waals surface area contributed by atoms with Crippen molar-refractivity contribution in [3.63, 3.8) is 0 Å². The molecule has 25 heavy (non-hydrogen) atoms. The number of nitrogen functional groups attached to an aromatic ring is 1. The fourth-order valence-corrected chi connectivity index (χ4v) is 2.55. The Bertz CT molecular complexity index is 925. The molecule has 1 heterocycles. The van der Waals surface area contributed by atoms with Gasteiger partial charge in [0.15, 0.2) is 0 Å². The smallest absolute Gasteiger partial charge is 0.230 e. The van der Waals surface area contributed by atoms with E-state index in [1.54, 1.807) is 38.5 Å². The molecule has 3 aromatic rings. The van der Waals surface area contributed by atoms with Crippen molar-refractivity contribution in [2.75, 3.05) is 25.3 Å². The van der Waals surface area contributed by atoms with E-state index in [9.17, 15) is 4.79 Å². The van der Waals surface area contributed by atoms with Crippen molar-refractivity contribution in [1.82, 2.24) is 4.98 Å². The molecule has 0 aliphatic carbocycles. The minimum atomic E-state index is -0.175. The predicted molar refractivity (Wildman–Crippen MR) is 98.0 cm³/mol. The van der Waals surface area contributed by atoms with Crippen LogP contribution in [-0.2, 0) is 11.2 Å². The standard InChI is InChI=1S/C19H19N3O3/c1-24-15-6-8-17(18(11-15)25-2)22-19(23)10-14-5-3-12-9-13(20)4-7-16(12)21-14/h3-9,11H,10,20H2,1-2H3,(H,22,23). The van der Waals surface area contributed by atoms with Gasteiger partial charge >= 0.3 is 0 Å². The molecule has 128 valence electrons. The number of carbonyl (C=O) groups excluding carboxylic acids is 1. The molecule has 0 saturated carbocycles. The van der Waals surface area contributed by atoms with E-state index < -0.39 is 0 Å². The van der Waals surface area contributed by atoms with Crippen LogP contribution in [0.5, 0.6) is 11.5 Å². The Labute approximate surface area is 145 Å². The number of amides is 1. The highest BCUT2D eigenvalue weighted by molar-refractivity contribution is 5.94. The van der Waals surface area contributed by atoms with Crippen LogP contribution in [0.3, 0.4) is 0 Å². The molecule has 1 amide bonds. The Morgan fingerprint density at radius 3 is 2.68 bits per heavy atom. The van der Waals surface area contributed by atoms with Crippen molar-refractivity contribution in [2.24, 2.45) is 0 Å². The average Bonchev–Trinajstić information content (AvgIpc) is 2.62. The first kappa shape index (κ1) is 16.6. The van der Waals surface area contributed by atoms with Crippen LogP contribution in [0.25, 0.3) is 10.9 Å². The van der Waals surface area contributed by atoms with Gasteiger partial charge in [0.1, 0.15) is 11.5 Å². The van der Waals surface area contributed by atoms with Gasteiger partial charge in [0.2, 0.25) is 5.91 Å². The molecule has 0 aliphatic rings. The molecule has 6 heteroatoms. The van der Waals surface area contributed by atoms with Crippen molar-refractivity contribution in [1.29, 1.82) is 0 Å². The molecule has 0 unspecified atom stereocenters. The van der Waals surface area contributed by atoms with Crippen LogP contribution >= 0.6 is 0 Å². The van der Waals surface area contributed by atoms with E-state index in [-0.39, 0.29) is 12.3 Å². The SMILES string of the molecule is COc1ccc(NC(=O)Cc2ccc3cc(N)ccc3n2)c(OC)c1. The highest BCUT2D eigenvalue weighted by Gasteiger charge is 2.11. The Hall–Kier alpha value is -3.28. The molecule has 0 bridgehead atoms. The first-order valence-electron chi connectivity index (χ1n) is 7.76. The van der Waals surface area contributed by atoms with E-state index in [2.05, 4.69) is 10.3 Å². The molecule has 3 rings (SSSR count). The number of benzene rings is 2. The van der Waals surface area contributed by atoms with Crippen molar-refractivity contribution in [2.45, 2.75) is 6.42 Å². The number of nitrogens with zero attached hydrogens (tertiary/aromatic N) is 1. The molecule has 2 aromatic carbocycles. The lowest BCUT2D eigenvalue weighted by atomic mass is 10.1. The second kappa shape index (κ2) is 7.09. The summed E-state index contributed by atoms with van der Waals surface area (Å²) in [5.74, 6) is 1.02. The predicted octanol–water partition coefficient (Wildman–Crippen LogP) is 3.02. The van der Waals surface area contributed by atoms with Crippen LogP contribution in [-0.4, -0.2) is 25.1 Å². The number of nitrogens with two attached hydrogens (primary N) is 1. The summed E-state index contributed by atoms with van der Waals surface area (Å²) in [4.78, 5) is 16.8. The maximum Gasteiger partial charge on any atom is 0.230 e. The van der Waals surface area contributed by atoms with E-state index in [1.165, 1.54) is 0 Å². The van der Waals surface area contributed by atoms with Crippen LogP contribution in [0, 0.1) is 0 Å².